The smallest absolute Gasteiger partial charge is 0.254 e. The highest BCUT2D eigenvalue weighted by molar-refractivity contribution is 5.95. The first-order valence-corrected chi connectivity index (χ1v) is 6.45. The minimum atomic E-state index is -0.345. The predicted octanol–water partition coefficient (Wildman–Crippen LogP) is 1.71. The lowest BCUT2D eigenvalue weighted by Gasteiger charge is -2.33. The molecule has 2 atom stereocenters. The molecule has 0 saturated carbocycles. The topological polar surface area (TPSA) is 32.3 Å². The molecule has 3 nitrogen and oxygen atoms in total. The first-order valence-electron chi connectivity index (χ1n) is 6.45. The van der Waals surface area contributed by atoms with Gasteiger partial charge < -0.3 is 10.2 Å². The Hall–Kier alpha value is -1.42. The van der Waals surface area contributed by atoms with Gasteiger partial charge in [-0.25, -0.2) is 4.39 Å². The number of likely N-dealkylation sites (tertiary alicyclic amines) is 1. The quantitative estimate of drug-likeness (QED) is 0.820. The second kappa shape index (κ2) is 4.35. The molecule has 2 saturated heterocycles. The number of benzene rings is 1. The van der Waals surface area contributed by atoms with Crippen LogP contribution in [0.4, 0.5) is 4.39 Å². The Kier molecular flexibility index (Phi) is 2.82. The van der Waals surface area contributed by atoms with Crippen molar-refractivity contribution in [3.63, 3.8) is 0 Å². The van der Waals surface area contributed by atoms with Gasteiger partial charge in [-0.2, -0.15) is 0 Å². The normalized spacial score (nSPS) is 26.4. The van der Waals surface area contributed by atoms with E-state index in [-0.39, 0.29) is 11.7 Å². The van der Waals surface area contributed by atoms with Gasteiger partial charge in [-0.05, 0) is 37.5 Å². The fraction of sp³-hybridized carbons (Fsp3) is 0.500. The van der Waals surface area contributed by atoms with Crippen LogP contribution in [-0.4, -0.2) is 36.0 Å². The predicted molar refractivity (Wildman–Crippen MR) is 67.0 cm³/mol. The maximum absolute atomic E-state index is 13.3. The molecular formula is C14H17FN2O. The number of aryl methyl sites for hydroxylation is 1. The van der Waals surface area contributed by atoms with Crippen molar-refractivity contribution < 1.29 is 9.18 Å². The molecule has 96 valence electrons. The van der Waals surface area contributed by atoms with Crippen LogP contribution in [0.25, 0.3) is 0 Å². The highest BCUT2D eigenvalue weighted by Crippen LogP contribution is 2.22. The number of amides is 1. The fourth-order valence-corrected chi connectivity index (χ4v) is 2.96. The molecule has 1 N–H and O–H groups in total. The van der Waals surface area contributed by atoms with E-state index >= 15 is 0 Å². The number of piperazine rings is 1. The van der Waals surface area contributed by atoms with Gasteiger partial charge in [0.05, 0.1) is 0 Å². The van der Waals surface area contributed by atoms with Gasteiger partial charge in [0, 0.05) is 30.7 Å². The third kappa shape index (κ3) is 2.01. The lowest BCUT2D eigenvalue weighted by molar-refractivity contribution is 0.0696. The fourth-order valence-electron chi connectivity index (χ4n) is 2.96. The third-order valence-corrected chi connectivity index (χ3v) is 3.93. The maximum Gasteiger partial charge on any atom is 0.254 e. The number of carbonyl (C=O) groups excluding carboxylic acids is 1. The van der Waals surface area contributed by atoms with E-state index in [0.29, 0.717) is 17.6 Å². The molecule has 2 fully saturated rings. The van der Waals surface area contributed by atoms with E-state index in [1.165, 1.54) is 12.1 Å². The number of halogens is 1. The van der Waals surface area contributed by atoms with Crippen molar-refractivity contribution in [1.82, 2.24) is 10.2 Å². The summed E-state index contributed by atoms with van der Waals surface area (Å²) in [5, 5.41) is 3.48. The monoisotopic (exact) mass is 248 g/mol. The van der Waals surface area contributed by atoms with Crippen molar-refractivity contribution in [2.45, 2.75) is 31.8 Å². The Labute approximate surface area is 106 Å². The lowest BCUT2D eigenvalue weighted by atomic mass is 10.1. The Bertz CT molecular complexity index is 477. The molecule has 2 unspecified atom stereocenters. The molecule has 0 spiro atoms. The van der Waals surface area contributed by atoms with Gasteiger partial charge in [-0.1, -0.05) is 6.07 Å². The van der Waals surface area contributed by atoms with Crippen molar-refractivity contribution in [2.24, 2.45) is 0 Å². The van der Waals surface area contributed by atoms with Gasteiger partial charge in [-0.15, -0.1) is 0 Å². The largest absolute Gasteiger partial charge is 0.336 e. The molecule has 1 aromatic carbocycles. The molecule has 0 radical (unpaired) electrons. The van der Waals surface area contributed by atoms with Crippen LogP contribution < -0.4 is 5.32 Å². The zero-order valence-electron chi connectivity index (χ0n) is 10.4. The molecular weight excluding hydrogens is 231 g/mol. The van der Waals surface area contributed by atoms with Crippen LogP contribution in [0, 0.1) is 12.7 Å². The summed E-state index contributed by atoms with van der Waals surface area (Å²) in [6.45, 7) is 3.33. The van der Waals surface area contributed by atoms with Crippen LogP contribution in [0.1, 0.15) is 28.8 Å². The van der Waals surface area contributed by atoms with E-state index in [0.717, 1.165) is 31.5 Å². The minimum absolute atomic E-state index is 0.0367. The van der Waals surface area contributed by atoms with Crippen molar-refractivity contribution in [3.05, 3.63) is 35.1 Å². The summed E-state index contributed by atoms with van der Waals surface area (Å²) in [4.78, 5) is 14.3. The summed E-state index contributed by atoms with van der Waals surface area (Å²) >= 11 is 0. The number of fused-ring (bicyclic) bond motifs is 2. The summed E-state index contributed by atoms with van der Waals surface area (Å²) in [5.41, 5.74) is 1.34. The van der Waals surface area contributed by atoms with Crippen LogP contribution >= 0.6 is 0 Å². The summed E-state index contributed by atoms with van der Waals surface area (Å²) in [7, 11) is 0. The van der Waals surface area contributed by atoms with Crippen molar-refractivity contribution in [2.75, 3.05) is 13.1 Å². The zero-order chi connectivity index (χ0) is 12.7. The molecule has 4 heteroatoms. The molecule has 3 rings (SSSR count). The maximum atomic E-state index is 13.3. The average Bonchev–Trinajstić information content (AvgIpc) is 2.70. The number of hydrogen-bond donors (Lipinski definition) is 1. The van der Waals surface area contributed by atoms with E-state index in [1.54, 1.807) is 6.07 Å². The highest BCUT2D eigenvalue weighted by Gasteiger charge is 2.34. The Balaban J connectivity index is 1.84. The lowest BCUT2D eigenvalue weighted by Crippen LogP contribution is -2.53. The van der Waals surface area contributed by atoms with E-state index in [2.05, 4.69) is 5.32 Å². The molecule has 2 bridgehead atoms. The van der Waals surface area contributed by atoms with Crippen molar-refractivity contribution in [1.29, 1.82) is 0 Å². The van der Waals surface area contributed by atoms with Gasteiger partial charge in [0.15, 0.2) is 0 Å². The van der Waals surface area contributed by atoms with Crippen LogP contribution in [0.5, 0.6) is 0 Å². The number of rotatable bonds is 1. The zero-order valence-corrected chi connectivity index (χ0v) is 10.4. The van der Waals surface area contributed by atoms with E-state index in [9.17, 15) is 9.18 Å². The second-order valence-electron chi connectivity index (χ2n) is 5.31. The van der Waals surface area contributed by atoms with Gasteiger partial charge in [0.1, 0.15) is 5.82 Å². The minimum Gasteiger partial charge on any atom is -0.336 e. The van der Waals surface area contributed by atoms with Crippen LogP contribution in [-0.2, 0) is 0 Å². The SMILES string of the molecule is Cc1ccc(F)cc1C(=O)N1CC2CCC(C1)N2. The van der Waals surface area contributed by atoms with Crippen LogP contribution in [0.2, 0.25) is 0 Å². The summed E-state index contributed by atoms with van der Waals surface area (Å²) < 4.78 is 13.3. The van der Waals surface area contributed by atoms with E-state index in [1.807, 2.05) is 11.8 Å². The second-order valence-corrected chi connectivity index (χ2v) is 5.31. The van der Waals surface area contributed by atoms with Gasteiger partial charge in [0.25, 0.3) is 5.91 Å². The van der Waals surface area contributed by atoms with Gasteiger partial charge >= 0.3 is 0 Å². The van der Waals surface area contributed by atoms with Crippen LogP contribution in [0.3, 0.4) is 0 Å². The summed E-state index contributed by atoms with van der Waals surface area (Å²) in [6, 6.07) is 5.25. The van der Waals surface area contributed by atoms with E-state index in [4.69, 9.17) is 0 Å². The molecule has 2 aliphatic rings. The number of nitrogens with zero attached hydrogens (tertiary/aromatic N) is 1. The van der Waals surface area contributed by atoms with Crippen LogP contribution in [0.15, 0.2) is 18.2 Å². The van der Waals surface area contributed by atoms with E-state index < -0.39 is 0 Å². The van der Waals surface area contributed by atoms with Crippen molar-refractivity contribution in [3.8, 4) is 0 Å². The molecule has 1 aromatic rings. The molecule has 2 heterocycles. The average molecular weight is 248 g/mol. The third-order valence-electron chi connectivity index (χ3n) is 3.93. The van der Waals surface area contributed by atoms with Crippen molar-refractivity contribution >= 4 is 5.91 Å². The molecule has 0 aromatic heterocycles. The summed E-state index contributed by atoms with van der Waals surface area (Å²) in [6.07, 6.45) is 2.27. The first-order chi connectivity index (χ1) is 8.63. The standard InChI is InChI=1S/C14H17FN2O/c1-9-2-3-10(15)6-13(9)14(18)17-7-11-4-5-12(8-17)16-11/h2-3,6,11-12,16H,4-5,7-8H2,1H3. The van der Waals surface area contributed by atoms with Gasteiger partial charge in [0.2, 0.25) is 0 Å². The number of hydrogen-bond acceptors (Lipinski definition) is 2. The summed E-state index contributed by atoms with van der Waals surface area (Å²) in [5.74, 6) is -0.382. The number of carbonyl (C=O) groups is 1. The molecule has 18 heavy (non-hydrogen) atoms. The number of nitrogens with one attached hydrogen (secondary N) is 1. The molecule has 0 aliphatic carbocycles. The molecule has 2 aliphatic heterocycles. The Morgan fingerprint density at radius 2 is 2.00 bits per heavy atom. The Morgan fingerprint density at radius 3 is 2.67 bits per heavy atom. The van der Waals surface area contributed by atoms with Gasteiger partial charge in [-0.3, -0.25) is 4.79 Å². The Morgan fingerprint density at radius 1 is 1.33 bits per heavy atom. The first kappa shape index (κ1) is 11.7. The highest BCUT2D eigenvalue weighted by atomic mass is 19.1. The molecule has 1 amide bonds.